The van der Waals surface area contributed by atoms with Crippen LogP contribution in [0, 0.1) is 13.8 Å². The SMILES string of the molecule is CCCCCc1[nH]c2cc(C(=O)[O-])c(C)c(C)c2c1CCC(N)=O.[Na+]. The topological polar surface area (TPSA) is 99.0 Å². The predicted molar refractivity (Wildman–Crippen MR) is 92.8 cm³/mol. The third-order valence-electron chi connectivity index (χ3n) is 4.72. The number of fused-ring (bicyclic) bond motifs is 1. The summed E-state index contributed by atoms with van der Waals surface area (Å²) in [6.45, 7) is 5.86. The molecule has 0 saturated carbocycles. The van der Waals surface area contributed by atoms with E-state index in [1.807, 2.05) is 6.92 Å². The van der Waals surface area contributed by atoms with Gasteiger partial charge in [0.05, 0.1) is 5.97 Å². The molecule has 0 atom stereocenters. The molecular weight excluding hydrogens is 327 g/mol. The number of aromatic carboxylic acids is 1. The van der Waals surface area contributed by atoms with Gasteiger partial charge in [-0.25, -0.2) is 0 Å². The van der Waals surface area contributed by atoms with Crippen molar-refractivity contribution >= 4 is 22.8 Å². The third kappa shape index (κ3) is 4.87. The predicted octanol–water partition coefficient (Wildman–Crippen LogP) is -0.697. The minimum absolute atomic E-state index is 0. The van der Waals surface area contributed by atoms with Crippen LogP contribution < -0.4 is 40.4 Å². The van der Waals surface area contributed by atoms with Crippen molar-refractivity contribution < 1.29 is 44.3 Å². The number of carbonyl (C=O) groups is 2. The summed E-state index contributed by atoms with van der Waals surface area (Å²) >= 11 is 0. The first-order valence-electron chi connectivity index (χ1n) is 8.50. The number of benzene rings is 1. The first kappa shape index (κ1) is 21.7. The second-order valence-corrected chi connectivity index (χ2v) is 6.39. The van der Waals surface area contributed by atoms with Gasteiger partial charge in [0.1, 0.15) is 0 Å². The van der Waals surface area contributed by atoms with Gasteiger partial charge in [0, 0.05) is 28.6 Å². The Morgan fingerprint density at radius 3 is 2.40 bits per heavy atom. The van der Waals surface area contributed by atoms with E-state index in [2.05, 4.69) is 11.9 Å². The van der Waals surface area contributed by atoms with Crippen LogP contribution in [0.2, 0.25) is 0 Å². The van der Waals surface area contributed by atoms with Crippen molar-refractivity contribution in [3.63, 3.8) is 0 Å². The van der Waals surface area contributed by atoms with Crippen molar-refractivity contribution in [1.82, 2.24) is 4.98 Å². The van der Waals surface area contributed by atoms with Crippen molar-refractivity contribution in [2.24, 2.45) is 5.73 Å². The number of primary amides is 1. The molecule has 0 aliphatic heterocycles. The van der Waals surface area contributed by atoms with Gasteiger partial charge in [0.2, 0.25) is 5.91 Å². The van der Waals surface area contributed by atoms with Gasteiger partial charge >= 0.3 is 29.6 Å². The maximum Gasteiger partial charge on any atom is 1.00 e. The molecule has 0 saturated heterocycles. The Balaban J connectivity index is 0.00000312. The molecule has 2 rings (SSSR count). The number of hydrogen-bond donors (Lipinski definition) is 2. The smallest absolute Gasteiger partial charge is 0.545 e. The average Bonchev–Trinajstić information content (AvgIpc) is 2.86. The minimum Gasteiger partial charge on any atom is -0.545 e. The van der Waals surface area contributed by atoms with E-state index >= 15 is 0 Å². The number of nitrogens with two attached hydrogens (primary N) is 1. The van der Waals surface area contributed by atoms with E-state index in [1.54, 1.807) is 13.0 Å². The Kier molecular flexibility index (Phi) is 8.19. The summed E-state index contributed by atoms with van der Waals surface area (Å²) in [6, 6.07) is 1.64. The summed E-state index contributed by atoms with van der Waals surface area (Å²) in [6.07, 6.45) is 5.06. The zero-order valence-corrected chi connectivity index (χ0v) is 17.6. The van der Waals surface area contributed by atoms with Crippen molar-refractivity contribution in [3.8, 4) is 0 Å². The molecular formula is C19H25N2NaO3. The summed E-state index contributed by atoms with van der Waals surface area (Å²) in [5.41, 5.74) is 10.1. The number of amides is 1. The number of unbranched alkanes of at least 4 members (excludes halogenated alkanes) is 2. The monoisotopic (exact) mass is 352 g/mol. The molecule has 130 valence electrons. The van der Waals surface area contributed by atoms with E-state index in [0.717, 1.165) is 53.4 Å². The number of nitrogens with one attached hydrogen (secondary N) is 1. The molecule has 0 unspecified atom stereocenters. The summed E-state index contributed by atoms with van der Waals surface area (Å²) in [7, 11) is 0. The number of hydrogen-bond acceptors (Lipinski definition) is 3. The van der Waals surface area contributed by atoms with E-state index in [4.69, 9.17) is 5.73 Å². The fourth-order valence-electron chi connectivity index (χ4n) is 3.29. The summed E-state index contributed by atoms with van der Waals surface area (Å²) in [4.78, 5) is 25.9. The third-order valence-corrected chi connectivity index (χ3v) is 4.72. The largest absolute Gasteiger partial charge is 1.00 e. The Bertz CT molecular complexity index is 781. The molecule has 1 aromatic carbocycles. The number of aryl methyl sites for hydroxylation is 3. The summed E-state index contributed by atoms with van der Waals surface area (Å²) in [5, 5.41) is 12.4. The second kappa shape index (κ2) is 9.41. The molecule has 0 fully saturated rings. The zero-order valence-electron chi connectivity index (χ0n) is 15.6. The van der Waals surface area contributed by atoms with E-state index < -0.39 is 5.97 Å². The van der Waals surface area contributed by atoms with Crippen LogP contribution in [0.3, 0.4) is 0 Å². The second-order valence-electron chi connectivity index (χ2n) is 6.39. The Hall–Kier alpha value is -1.30. The van der Waals surface area contributed by atoms with Crippen molar-refractivity contribution in [2.45, 2.75) is 59.3 Å². The number of carbonyl (C=O) groups excluding carboxylic acids is 2. The normalized spacial score (nSPS) is 10.7. The van der Waals surface area contributed by atoms with Crippen LogP contribution in [-0.2, 0) is 17.6 Å². The van der Waals surface area contributed by atoms with Gasteiger partial charge in [-0.3, -0.25) is 4.79 Å². The molecule has 5 nitrogen and oxygen atoms in total. The molecule has 0 bridgehead atoms. The van der Waals surface area contributed by atoms with Crippen molar-refractivity contribution in [3.05, 3.63) is 34.0 Å². The standard InChI is InChI=1S/C19H26N2O3.Na/c1-4-5-6-7-15-13(8-9-17(20)22)18-12(3)11(2)14(19(23)24)10-16(18)21-15;/h10,21H,4-9H2,1-3H3,(H2,20,22)(H,23,24);/q;+1/p-1. The van der Waals surface area contributed by atoms with Crippen LogP contribution in [0.4, 0.5) is 0 Å². The first-order valence-corrected chi connectivity index (χ1v) is 8.50. The van der Waals surface area contributed by atoms with Crippen LogP contribution in [0.5, 0.6) is 0 Å². The van der Waals surface area contributed by atoms with E-state index in [-0.39, 0.29) is 47.4 Å². The molecule has 3 N–H and O–H groups in total. The first-order chi connectivity index (χ1) is 11.4. The Morgan fingerprint density at radius 2 is 1.84 bits per heavy atom. The fraction of sp³-hybridized carbons (Fsp3) is 0.474. The number of H-pyrrole nitrogens is 1. The van der Waals surface area contributed by atoms with Crippen molar-refractivity contribution in [2.75, 3.05) is 0 Å². The molecule has 6 heteroatoms. The molecule has 0 aliphatic rings. The van der Waals surface area contributed by atoms with Gasteiger partial charge in [-0.2, -0.15) is 0 Å². The van der Waals surface area contributed by atoms with E-state index in [1.165, 1.54) is 0 Å². The maximum atomic E-state index is 11.3. The molecule has 1 aromatic heterocycles. The molecule has 1 amide bonds. The van der Waals surface area contributed by atoms with E-state index in [0.29, 0.717) is 12.0 Å². The van der Waals surface area contributed by atoms with Gasteiger partial charge in [-0.1, -0.05) is 19.8 Å². The zero-order chi connectivity index (χ0) is 17.9. The molecule has 0 aliphatic carbocycles. The van der Waals surface area contributed by atoms with Crippen molar-refractivity contribution in [1.29, 1.82) is 0 Å². The Morgan fingerprint density at radius 1 is 1.16 bits per heavy atom. The molecule has 0 radical (unpaired) electrons. The van der Waals surface area contributed by atoms with Gasteiger partial charge in [-0.15, -0.1) is 0 Å². The fourth-order valence-corrected chi connectivity index (χ4v) is 3.29. The van der Waals surface area contributed by atoms with Crippen LogP contribution in [-0.4, -0.2) is 16.9 Å². The maximum absolute atomic E-state index is 11.3. The molecule has 1 heterocycles. The van der Waals surface area contributed by atoms with Gasteiger partial charge < -0.3 is 20.6 Å². The molecule has 25 heavy (non-hydrogen) atoms. The van der Waals surface area contributed by atoms with Crippen LogP contribution in [0.25, 0.3) is 10.9 Å². The minimum atomic E-state index is -1.17. The summed E-state index contributed by atoms with van der Waals surface area (Å²) in [5.74, 6) is -1.50. The van der Waals surface area contributed by atoms with Gasteiger partial charge in [0.25, 0.3) is 0 Å². The van der Waals surface area contributed by atoms with Gasteiger partial charge in [-0.05, 0) is 55.9 Å². The molecule has 0 spiro atoms. The Labute approximate surface area is 170 Å². The van der Waals surface area contributed by atoms with Crippen LogP contribution >= 0.6 is 0 Å². The number of carboxylic acid groups (broad SMARTS) is 1. The number of rotatable bonds is 8. The number of carboxylic acids is 1. The molecule has 2 aromatic rings. The number of aromatic amines is 1. The van der Waals surface area contributed by atoms with Crippen LogP contribution in [0.15, 0.2) is 6.07 Å². The average molecular weight is 352 g/mol. The van der Waals surface area contributed by atoms with Crippen LogP contribution in [0.1, 0.15) is 65.3 Å². The summed E-state index contributed by atoms with van der Waals surface area (Å²) < 4.78 is 0. The number of aromatic nitrogens is 1. The van der Waals surface area contributed by atoms with Gasteiger partial charge in [0.15, 0.2) is 0 Å². The van der Waals surface area contributed by atoms with E-state index in [9.17, 15) is 14.7 Å². The quantitative estimate of drug-likeness (QED) is 0.486.